The first-order chi connectivity index (χ1) is 2.81. The molecule has 0 aromatic heterocycles. The number of carbonyl (C=O) groups excluding carboxylic acids is 2. The Balaban J connectivity index is 0. The quantitative estimate of drug-likeness (QED) is 0.172. The number of hydrogen-bond donors (Lipinski definition) is 0. The normalized spacial score (nSPS) is 7.14. The molecule has 0 unspecified atom stereocenters. The van der Waals surface area contributed by atoms with E-state index in [1.54, 1.807) is 0 Å². The van der Waals surface area contributed by atoms with Gasteiger partial charge in [0, 0.05) is 0 Å². The molecule has 0 aliphatic rings. The van der Waals surface area contributed by atoms with Crippen LogP contribution >= 0.6 is 11.6 Å². The number of hydrogen-bond acceptors (Lipinski definition) is 2. The predicted molar refractivity (Wildman–Crippen MR) is 21.8 cm³/mol. The number of rotatable bonds is 2. The van der Waals surface area contributed by atoms with Crippen molar-refractivity contribution < 1.29 is 39.1 Å². The fourth-order valence-electron chi connectivity index (χ4n) is 0.0321. The van der Waals surface area contributed by atoms with E-state index in [4.69, 9.17) is 11.6 Å². The van der Waals surface area contributed by atoms with Gasteiger partial charge in [0.2, 0.25) is 0 Å². The molecule has 0 bridgehead atoms. The van der Waals surface area contributed by atoms with Gasteiger partial charge in [-0.25, -0.2) is 0 Å². The van der Waals surface area contributed by atoms with Crippen LogP contribution in [0.5, 0.6) is 0 Å². The van der Waals surface area contributed by atoms with Crippen LogP contribution in [0.4, 0.5) is 0 Å². The Labute approximate surface area is 68.5 Å². The Morgan fingerprint density at radius 2 is 1.57 bits per heavy atom. The van der Waals surface area contributed by atoms with Gasteiger partial charge in [0.25, 0.3) is 0 Å². The van der Waals surface area contributed by atoms with Crippen LogP contribution in [0.2, 0.25) is 0 Å². The summed E-state index contributed by atoms with van der Waals surface area (Å²) in [5.41, 5.74) is 0. The summed E-state index contributed by atoms with van der Waals surface area (Å²) in [7, 11) is 0. The van der Waals surface area contributed by atoms with Crippen molar-refractivity contribution in [2.75, 3.05) is 0 Å². The maximum absolute atomic E-state index is 9.37. The van der Waals surface area contributed by atoms with E-state index in [-0.39, 0.29) is 29.6 Å². The van der Waals surface area contributed by atoms with E-state index in [1.807, 2.05) is 0 Å². The zero-order valence-electron chi connectivity index (χ0n) is 3.93. The molecule has 2 nitrogen and oxygen atoms in total. The molecule has 0 saturated carbocycles. The zero-order chi connectivity index (χ0) is 4.99. The minimum Gasteiger partial charge on any atom is -0.301 e. The standard InChI is InChI=1S/C3H3ClO2.Na/c4-3(1-5)2-6;/h1-3H;/q;+1. The van der Waals surface area contributed by atoms with E-state index in [2.05, 4.69) is 0 Å². The smallest absolute Gasteiger partial charge is 0.301 e. The minimum atomic E-state index is -0.954. The van der Waals surface area contributed by atoms with Crippen LogP contribution in [0.1, 0.15) is 0 Å². The summed E-state index contributed by atoms with van der Waals surface area (Å²) in [5.74, 6) is 0. The summed E-state index contributed by atoms with van der Waals surface area (Å²) in [6, 6.07) is 0. The monoisotopic (exact) mass is 129 g/mol. The van der Waals surface area contributed by atoms with Crippen molar-refractivity contribution in [3.63, 3.8) is 0 Å². The zero-order valence-corrected chi connectivity index (χ0v) is 6.68. The maximum Gasteiger partial charge on any atom is 1.00 e. The van der Waals surface area contributed by atoms with E-state index in [0.717, 1.165) is 0 Å². The molecule has 0 fully saturated rings. The molecule has 0 radical (unpaired) electrons. The van der Waals surface area contributed by atoms with Crippen molar-refractivity contribution in [1.29, 1.82) is 0 Å². The third-order valence-electron chi connectivity index (χ3n) is 0.260. The molecule has 0 heterocycles. The number of carbonyl (C=O) groups is 2. The van der Waals surface area contributed by atoms with Crippen LogP contribution in [0.3, 0.4) is 0 Å². The molecule has 0 spiro atoms. The SMILES string of the molecule is O=CC(Cl)C=O.[Na+]. The molecule has 0 rings (SSSR count). The largest absolute Gasteiger partial charge is 1.00 e. The van der Waals surface area contributed by atoms with Crippen molar-refractivity contribution in [3.8, 4) is 0 Å². The second-order valence-electron chi connectivity index (χ2n) is 0.717. The summed E-state index contributed by atoms with van der Waals surface area (Å²) in [6.45, 7) is 0. The molecule has 0 amide bonds. The number of alkyl halides is 1. The fourth-order valence-corrected chi connectivity index (χ4v) is 0.0321. The molecule has 34 valence electrons. The fraction of sp³-hybridized carbons (Fsp3) is 0.333. The first kappa shape index (κ1) is 10.6. The summed E-state index contributed by atoms with van der Waals surface area (Å²) in [6.07, 6.45) is 0.739. The maximum atomic E-state index is 9.37. The van der Waals surface area contributed by atoms with Gasteiger partial charge in [-0.15, -0.1) is 11.6 Å². The van der Waals surface area contributed by atoms with Crippen LogP contribution in [-0.4, -0.2) is 17.9 Å². The van der Waals surface area contributed by atoms with Crippen molar-refractivity contribution in [2.45, 2.75) is 5.38 Å². The minimum absolute atomic E-state index is 0. The third-order valence-corrected chi connectivity index (χ3v) is 0.466. The Hall–Kier alpha value is 0.630. The van der Waals surface area contributed by atoms with Crippen LogP contribution in [0, 0.1) is 0 Å². The molecule has 7 heavy (non-hydrogen) atoms. The molecule has 4 heteroatoms. The van der Waals surface area contributed by atoms with Gasteiger partial charge in [0.05, 0.1) is 0 Å². The van der Waals surface area contributed by atoms with Gasteiger partial charge in [0.1, 0.15) is 17.9 Å². The van der Waals surface area contributed by atoms with Gasteiger partial charge in [-0.3, -0.25) is 0 Å². The Kier molecular flexibility index (Phi) is 10.0. The molecule has 0 aliphatic heterocycles. The van der Waals surface area contributed by atoms with E-state index < -0.39 is 5.38 Å². The average molecular weight is 129 g/mol. The molecular weight excluding hydrogens is 126 g/mol. The van der Waals surface area contributed by atoms with Gasteiger partial charge < -0.3 is 9.59 Å². The van der Waals surface area contributed by atoms with E-state index in [9.17, 15) is 9.59 Å². The molecule has 0 aliphatic carbocycles. The first-order valence-electron chi connectivity index (χ1n) is 1.36. The molecule has 0 atom stereocenters. The predicted octanol–water partition coefficient (Wildman–Crippen LogP) is -3.00. The second kappa shape index (κ2) is 6.63. The van der Waals surface area contributed by atoms with Gasteiger partial charge in [-0.1, -0.05) is 0 Å². The van der Waals surface area contributed by atoms with Gasteiger partial charge in [-0.05, 0) is 0 Å². The molecular formula is C3H3ClNaO2+. The Bertz CT molecular complexity index is 58.0. The Morgan fingerprint density at radius 1 is 1.29 bits per heavy atom. The van der Waals surface area contributed by atoms with Crippen LogP contribution in [0.25, 0.3) is 0 Å². The van der Waals surface area contributed by atoms with Crippen molar-refractivity contribution in [3.05, 3.63) is 0 Å². The van der Waals surface area contributed by atoms with Crippen molar-refractivity contribution in [1.82, 2.24) is 0 Å². The molecule has 0 N–H and O–H groups in total. The van der Waals surface area contributed by atoms with Crippen molar-refractivity contribution in [2.24, 2.45) is 0 Å². The topological polar surface area (TPSA) is 34.1 Å². The van der Waals surface area contributed by atoms with Crippen molar-refractivity contribution >= 4 is 24.2 Å². The van der Waals surface area contributed by atoms with Gasteiger partial charge in [0.15, 0.2) is 0 Å². The van der Waals surface area contributed by atoms with Crippen LogP contribution in [0.15, 0.2) is 0 Å². The van der Waals surface area contributed by atoms with E-state index in [1.165, 1.54) is 0 Å². The summed E-state index contributed by atoms with van der Waals surface area (Å²) in [4.78, 5) is 18.7. The van der Waals surface area contributed by atoms with Crippen LogP contribution < -0.4 is 29.6 Å². The number of halogens is 1. The summed E-state index contributed by atoms with van der Waals surface area (Å²) in [5, 5.41) is -0.954. The second-order valence-corrected chi connectivity index (χ2v) is 1.22. The first-order valence-corrected chi connectivity index (χ1v) is 1.79. The van der Waals surface area contributed by atoms with Gasteiger partial charge in [-0.2, -0.15) is 0 Å². The van der Waals surface area contributed by atoms with E-state index >= 15 is 0 Å². The molecule has 0 saturated heterocycles. The van der Waals surface area contributed by atoms with Crippen LogP contribution in [-0.2, 0) is 9.59 Å². The summed E-state index contributed by atoms with van der Waals surface area (Å²) >= 11 is 4.91. The summed E-state index contributed by atoms with van der Waals surface area (Å²) < 4.78 is 0. The Morgan fingerprint density at radius 3 is 1.57 bits per heavy atom. The average Bonchev–Trinajstić information content (AvgIpc) is 1.65. The van der Waals surface area contributed by atoms with Gasteiger partial charge >= 0.3 is 29.6 Å². The molecule has 0 aromatic rings. The van der Waals surface area contributed by atoms with E-state index in [0.29, 0.717) is 12.6 Å². The third kappa shape index (κ3) is 6.63. The number of aldehydes is 2. The molecule has 0 aromatic carbocycles.